The third kappa shape index (κ3) is 3.01. The average molecular weight is 247 g/mol. The van der Waals surface area contributed by atoms with E-state index in [9.17, 15) is 10.1 Å². The monoisotopic (exact) mass is 247 g/mol. The van der Waals surface area contributed by atoms with Crippen LogP contribution in [-0.4, -0.2) is 19.7 Å². The van der Waals surface area contributed by atoms with Gasteiger partial charge in [-0.05, 0) is 18.9 Å². The lowest BCUT2D eigenvalue weighted by molar-refractivity contribution is -0.142. The highest BCUT2D eigenvalue weighted by Crippen LogP contribution is 2.27. The predicted octanol–water partition coefficient (Wildman–Crippen LogP) is 2.23. The van der Waals surface area contributed by atoms with Gasteiger partial charge in [0, 0.05) is 5.56 Å². The minimum absolute atomic E-state index is 0.121. The van der Waals surface area contributed by atoms with Crippen molar-refractivity contribution >= 4 is 5.97 Å². The molecule has 0 saturated heterocycles. The van der Waals surface area contributed by atoms with E-state index in [4.69, 9.17) is 9.47 Å². The van der Waals surface area contributed by atoms with Gasteiger partial charge in [0.15, 0.2) is 0 Å². The van der Waals surface area contributed by atoms with Gasteiger partial charge in [0.1, 0.15) is 11.8 Å². The lowest BCUT2D eigenvalue weighted by atomic mass is 9.99. The van der Waals surface area contributed by atoms with Crippen LogP contribution in [0.1, 0.15) is 30.5 Å². The fourth-order valence-corrected chi connectivity index (χ4v) is 1.82. The van der Waals surface area contributed by atoms with Gasteiger partial charge in [-0.3, -0.25) is 4.79 Å². The first-order chi connectivity index (χ1) is 8.67. The zero-order valence-corrected chi connectivity index (χ0v) is 10.9. The van der Waals surface area contributed by atoms with Crippen LogP contribution in [0.25, 0.3) is 0 Å². The van der Waals surface area contributed by atoms with E-state index in [0.29, 0.717) is 23.5 Å². The molecule has 0 atom stereocenters. The number of ether oxygens (including phenoxy) is 2. The summed E-state index contributed by atoms with van der Waals surface area (Å²) in [6, 6.07) is 5.81. The van der Waals surface area contributed by atoms with E-state index in [1.54, 1.807) is 6.92 Å². The number of methoxy groups -OCH3 is 1. The van der Waals surface area contributed by atoms with Crippen molar-refractivity contribution in [1.82, 2.24) is 0 Å². The summed E-state index contributed by atoms with van der Waals surface area (Å²) < 4.78 is 10.2. The number of esters is 1. The standard InChI is InChI=1S/C14H17NO3/c1-4-10-6-7-11(8-13(16)18-5-2)14(17-3)12(10)9-15/h6-7H,4-5,8H2,1-3H3. The van der Waals surface area contributed by atoms with Crippen LogP contribution in [0, 0.1) is 11.3 Å². The van der Waals surface area contributed by atoms with E-state index in [-0.39, 0.29) is 12.4 Å². The molecule has 0 fully saturated rings. The Morgan fingerprint density at radius 3 is 2.50 bits per heavy atom. The molecule has 96 valence electrons. The molecule has 1 aromatic carbocycles. The molecule has 0 aliphatic rings. The summed E-state index contributed by atoms with van der Waals surface area (Å²) >= 11 is 0. The molecular weight excluding hydrogens is 230 g/mol. The fraction of sp³-hybridized carbons (Fsp3) is 0.429. The van der Waals surface area contributed by atoms with Crippen LogP contribution in [0.15, 0.2) is 12.1 Å². The summed E-state index contributed by atoms with van der Waals surface area (Å²) in [4.78, 5) is 11.5. The van der Waals surface area contributed by atoms with Gasteiger partial charge in [0.25, 0.3) is 0 Å². The quantitative estimate of drug-likeness (QED) is 0.749. The van der Waals surface area contributed by atoms with Crippen LogP contribution in [0.4, 0.5) is 0 Å². The van der Waals surface area contributed by atoms with E-state index in [1.807, 2.05) is 19.1 Å². The normalized spacial score (nSPS) is 9.67. The van der Waals surface area contributed by atoms with Gasteiger partial charge in [-0.25, -0.2) is 0 Å². The van der Waals surface area contributed by atoms with Crippen molar-refractivity contribution in [3.05, 3.63) is 28.8 Å². The minimum Gasteiger partial charge on any atom is -0.495 e. The lowest BCUT2D eigenvalue weighted by Crippen LogP contribution is -2.09. The van der Waals surface area contributed by atoms with Crippen molar-refractivity contribution in [3.8, 4) is 11.8 Å². The SMILES string of the molecule is CCOC(=O)Cc1ccc(CC)c(C#N)c1OC. The lowest BCUT2D eigenvalue weighted by Gasteiger charge is -2.12. The molecule has 1 rings (SSSR count). The van der Waals surface area contributed by atoms with Crippen LogP contribution >= 0.6 is 0 Å². The van der Waals surface area contributed by atoms with Crippen molar-refractivity contribution < 1.29 is 14.3 Å². The van der Waals surface area contributed by atoms with Gasteiger partial charge in [0.2, 0.25) is 0 Å². The third-order valence-corrected chi connectivity index (χ3v) is 2.66. The van der Waals surface area contributed by atoms with Crippen LogP contribution < -0.4 is 4.74 Å². The highest BCUT2D eigenvalue weighted by Gasteiger charge is 2.15. The van der Waals surface area contributed by atoms with Crippen molar-refractivity contribution in [3.63, 3.8) is 0 Å². The molecule has 0 radical (unpaired) electrons. The molecule has 0 aliphatic heterocycles. The Labute approximate surface area is 107 Å². The molecule has 4 heteroatoms. The maximum atomic E-state index is 11.5. The molecule has 0 unspecified atom stereocenters. The Bertz CT molecular complexity index is 475. The zero-order valence-electron chi connectivity index (χ0n) is 10.9. The largest absolute Gasteiger partial charge is 0.495 e. The fourth-order valence-electron chi connectivity index (χ4n) is 1.82. The minimum atomic E-state index is -0.316. The molecule has 0 heterocycles. The van der Waals surface area contributed by atoms with E-state index in [0.717, 1.165) is 12.0 Å². The maximum absolute atomic E-state index is 11.5. The third-order valence-electron chi connectivity index (χ3n) is 2.66. The van der Waals surface area contributed by atoms with Crippen molar-refractivity contribution in [2.24, 2.45) is 0 Å². The molecule has 0 aromatic heterocycles. The summed E-state index contributed by atoms with van der Waals surface area (Å²) in [5.74, 6) is 0.161. The number of hydrogen-bond acceptors (Lipinski definition) is 4. The van der Waals surface area contributed by atoms with Crippen LogP contribution in [0.5, 0.6) is 5.75 Å². The Hall–Kier alpha value is -2.02. The Morgan fingerprint density at radius 1 is 1.33 bits per heavy atom. The maximum Gasteiger partial charge on any atom is 0.310 e. The molecule has 0 saturated carbocycles. The summed E-state index contributed by atoms with van der Waals surface area (Å²) in [6.45, 7) is 4.08. The first-order valence-electron chi connectivity index (χ1n) is 5.92. The molecular formula is C14H17NO3. The van der Waals surface area contributed by atoms with Gasteiger partial charge in [-0.1, -0.05) is 19.1 Å². The first-order valence-corrected chi connectivity index (χ1v) is 5.92. The van der Waals surface area contributed by atoms with E-state index >= 15 is 0 Å². The van der Waals surface area contributed by atoms with E-state index in [2.05, 4.69) is 6.07 Å². The van der Waals surface area contributed by atoms with Crippen molar-refractivity contribution in [2.45, 2.75) is 26.7 Å². The van der Waals surface area contributed by atoms with Crippen LogP contribution in [0.3, 0.4) is 0 Å². The second-order valence-electron chi connectivity index (χ2n) is 3.74. The Kier molecular flexibility index (Phi) is 5.19. The molecule has 1 aromatic rings. The number of carbonyl (C=O) groups excluding carboxylic acids is 1. The van der Waals surface area contributed by atoms with E-state index in [1.165, 1.54) is 7.11 Å². The van der Waals surface area contributed by atoms with Gasteiger partial charge >= 0.3 is 5.97 Å². The Morgan fingerprint density at radius 2 is 2.00 bits per heavy atom. The highest BCUT2D eigenvalue weighted by molar-refractivity contribution is 5.74. The molecule has 4 nitrogen and oxygen atoms in total. The highest BCUT2D eigenvalue weighted by atomic mass is 16.5. The number of nitriles is 1. The van der Waals surface area contributed by atoms with Crippen LogP contribution in [-0.2, 0) is 22.4 Å². The van der Waals surface area contributed by atoms with Crippen molar-refractivity contribution in [2.75, 3.05) is 13.7 Å². The first kappa shape index (κ1) is 14.0. The van der Waals surface area contributed by atoms with Crippen molar-refractivity contribution in [1.29, 1.82) is 5.26 Å². The zero-order chi connectivity index (χ0) is 13.5. The summed E-state index contributed by atoms with van der Waals surface area (Å²) in [7, 11) is 1.50. The number of hydrogen-bond donors (Lipinski definition) is 0. The van der Waals surface area contributed by atoms with Gasteiger partial charge in [0.05, 0.1) is 25.7 Å². The van der Waals surface area contributed by atoms with Crippen LogP contribution in [0.2, 0.25) is 0 Å². The molecule has 0 N–H and O–H groups in total. The summed E-state index contributed by atoms with van der Waals surface area (Å²) in [6.07, 6.45) is 0.870. The summed E-state index contributed by atoms with van der Waals surface area (Å²) in [5.41, 5.74) is 2.11. The smallest absolute Gasteiger partial charge is 0.310 e. The predicted molar refractivity (Wildman–Crippen MR) is 67.4 cm³/mol. The number of carbonyl (C=O) groups is 1. The number of nitrogens with zero attached hydrogens (tertiary/aromatic N) is 1. The van der Waals surface area contributed by atoms with E-state index < -0.39 is 0 Å². The molecule has 0 aliphatic carbocycles. The van der Waals surface area contributed by atoms with Gasteiger partial charge < -0.3 is 9.47 Å². The number of aryl methyl sites for hydroxylation is 1. The van der Waals surface area contributed by atoms with Gasteiger partial charge in [-0.2, -0.15) is 5.26 Å². The molecule has 18 heavy (non-hydrogen) atoms. The number of rotatable bonds is 5. The molecule has 0 bridgehead atoms. The molecule has 0 amide bonds. The topological polar surface area (TPSA) is 59.3 Å². The second-order valence-corrected chi connectivity index (χ2v) is 3.74. The average Bonchev–Trinajstić information content (AvgIpc) is 2.38. The van der Waals surface area contributed by atoms with Gasteiger partial charge in [-0.15, -0.1) is 0 Å². The summed E-state index contributed by atoms with van der Waals surface area (Å²) in [5, 5.41) is 9.18. The second kappa shape index (κ2) is 6.65. The Balaban J connectivity index is 3.14. The number of benzene rings is 1. The molecule has 0 spiro atoms.